The molecular weight excluding hydrogens is 356 g/mol. The highest BCUT2D eigenvalue weighted by atomic mass is 32.1. The minimum absolute atomic E-state index is 0.169. The number of guanidine groups is 1. The Hall–Kier alpha value is -1.14. The van der Waals surface area contributed by atoms with Gasteiger partial charge in [0.05, 0.1) is 18.3 Å². The predicted octanol–water partition coefficient (Wildman–Crippen LogP) is 3.87. The van der Waals surface area contributed by atoms with Gasteiger partial charge in [-0.05, 0) is 43.9 Å². The van der Waals surface area contributed by atoms with Crippen LogP contribution >= 0.6 is 11.3 Å². The van der Waals surface area contributed by atoms with Gasteiger partial charge in [0.15, 0.2) is 5.96 Å². The standard InChI is InChI=1S/C21H36N4OS/c1-21(2,3)19-15(9-8-12-26-19)13-23-20(22-4)25(5)14-18-24-16-10-6-7-11-17(16)27-18/h15,19H,6-14H2,1-5H3,(H,22,23). The van der Waals surface area contributed by atoms with E-state index in [1.165, 1.54) is 41.3 Å². The zero-order valence-electron chi connectivity index (χ0n) is 17.7. The molecule has 152 valence electrons. The summed E-state index contributed by atoms with van der Waals surface area (Å²) >= 11 is 1.89. The average Bonchev–Trinajstić information content (AvgIpc) is 3.04. The molecule has 1 aromatic heterocycles. The number of aliphatic imine (C=N–C) groups is 1. The van der Waals surface area contributed by atoms with Crippen LogP contribution in [-0.4, -0.2) is 49.2 Å². The van der Waals surface area contributed by atoms with Crippen LogP contribution in [0.25, 0.3) is 0 Å². The molecule has 1 aliphatic heterocycles. The number of aryl methyl sites for hydroxylation is 2. The Kier molecular flexibility index (Phi) is 6.79. The van der Waals surface area contributed by atoms with Crippen molar-refractivity contribution in [3.05, 3.63) is 15.6 Å². The molecule has 0 aromatic carbocycles. The molecule has 27 heavy (non-hydrogen) atoms. The zero-order valence-corrected chi connectivity index (χ0v) is 18.5. The molecule has 5 nitrogen and oxygen atoms in total. The first-order valence-corrected chi connectivity index (χ1v) is 11.2. The second kappa shape index (κ2) is 8.91. The smallest absolute Gasteiger partial charge is 0.193 e. The topological polar surface area (TPSA) is 49.8 Å². The van der Waals surface area contributed by atoms with Crippen molar-refractivity contribution in [3.8, 4) is 0 Å². The van der Waals surface area contributed by atoms with Crippen LogP contribution in [-0.2, 0) is 24.1 Å². The van der Waals surface area contributed by atoms with E-state index in [4.69, 9.17) is 9.72 Å². The van der Waals surface area contributed by atoms with Crippen LogP contribution in [0.2, 0.25) is 0 Å². The first-order valence-electron chi connectivity index (χ1n) is 10.4. The molecule has 6 heteroatoms. The number of aromatic nitrogens is 1. The third kappa shape index (κ3) is 5.23. The molecule has 2 atom stereocenters. The molecule has 0 radical (unpaired) electrons. The number of nitrogens with one attached hydrogen (secondary N) is 1. The summed E-state index contributed by atoms with van der Waals surface area (Å²) in [5.74, 6) is 1.47. The number of thiazole rings is 1. The van der Waals surface area contributed by atoms with Gasteiger partial charge in [-0.15, -0.1) is 11.3 Å². The van der Waals surface area contributed by atoms with Crippen LogP contribution in [0.15, 0.2) is 4.99 Å². The van der Waals surface area contributed by atoms with Crippen LogP contribution in [0.4, 0.5) is 0 Å². The molecule has 0 bridgehead atoms. The maximum Gasteiger partial charge on any atom is 0.193 e. The van der Waals surface area contributed by atoms with E-state index in [-0.39, 0.29) is 5.41 Å². The number of fused-ring (bicyclic) bond motifs is 1. The highest BCUT2D eigenvalue weighted by Gasteiger charge is 2.35. The van der Waals surface area contributed by atoms with Crippen LogP contribution in [0, 0.1) is 11.3 Å². The van der Waals surface area contributed by atoms with Gasteiger partial charge in [-0.3, -0.25) is 4.99 Å². The Bertz CT molecular complexity index is 626. The lowest BCUT2D eigenvalue weighted by Gasteiger charge is -2.40. The number of hydrogen-bond acceptors (Lipinski definition) is 4. The molecule has 2 heterocycles. The van der Waals surface area contributed by atoms with Crippen molar-refractivity contribution in [1.82, 2.24) is 15.2 Å². The van der Waals surface area contributed by atoms with Gasteiger partial charge in [0, 0.05) is 38.0 Å². The van der Waals surface area contributed by atoms with Gasteiger partial charge >= 0.3 is 0 Å². The van der Waals surface area contributed by atoms with Gasteiger partial charge in [0.1, 0.15) is 5.01 Å². The summed E-state index contributed by atoms with van der Waals surface area (Å²) in [5.41, 5.74) is 1.51. The number of hydrogen-bond donors (Lipinski definition) is 1. The second-order valence-electron chi connectivity index (χ2n) is 9.03. The SMILES string of the molecule is CN=C(NCC1CCCOC1C(C)(C)C)N(C)Cc1nc2c(s1)CCCC2. The molecule has 0 amide bonds. The molecule has 2 aliphatic rings. The van der Waals surface area contributed by atoms with E-state index in [0.717, 1.165) is 38.5 Å². The van der Waals surface area contributed by atoms with E-state index in [1.807, 2.05) is 18.4 Å². The molecule has 1 aromatic rings. The van der Waals surface area contributed by atoms with E-state index < -0.39 is 0 Å². The van der Waals surface area contributed by atoms with E-state index in [2.05, 4.69) is 43.0 Å². The van der Waals surface area contributed by atoms with E-state index in [1.54, 1.807) is 0 Å². The van der Waals surface area contributed by atoms with Crippen LogP contribution in [0.1, 0.15) is 62.0 Å². The average molecular weight is 393 g/mol. The summed E-state index contributed by atoms with van der Waals surface area (Å²) in [6.07, 6.45) is 7.62. The molecular formula is C21H36N4OS. The summed E-state index contributed by atoms with van der Waals surface area (Å²) in [6, 6.07) is 0. The Labute approximate surface area is 168 Å². The first-order chi connectivity index (χ1) is 12.9. The Morgan fingerprint density at radius 1 is 1.30 bits per heavy atom. The van der Waals surface area contributed by atoms with Gasteiger partial charge in [-0.25, -0.2) is 4.98 Å². The third-order valence-electron chi connectivity index (χ3n) is 5.66. The maximum absolute atomic E-state index is 6.12. The fourth-order valence-corrected chi connectivity index (χ4v) is 5.58. The Balaban J connectivity index is 1.57. The van der Waals surface area contributed by atoms with E-state index in [0.29, 0.717) is 12.0 Å². The van der Waals surface area contributed by atoms with Crippen LogP contribution < -0.4 is 5.32 Å². The molecule has 0 saturated carbocycles. The lowest BCUT2D eigenvalue weighted by molar-refractivity contribution is -0.0836. The normalized spacial score (nSPS) is 23.8. The van der Waals surface area contributed by atoms with Crippen molar-refractivity contribution >= 4 is 17.3 Å². The summed E-state index contributed by atoms with van der Waals surface area (Å²) in [4.78, 5) is 13.1. The van der Waals surface area contributed by atoms with Crippen molar-refractivity contribution in [3.63, 3.8) is 0 Å². The van der Waals surface area contributed by atoms with Crippen molar-refractivity contribution in [2.24, 2.45) is 16.3 Å². The Morgan fingerprint density at radius 3 is 2.78 bits per heavy atom. The van der Waals surface area contributed by atoms with Gasteiger partial charge < -0.3 is 15.0 Å². The quantitative estimate of drug-likeness (QED) is 0.624. The number of ether oxygens (including phenoxy) is 1. The minimum atomic E-state index is 0.169. The first kappa shape index (κ1) is 20.6. The van der Waals surface area contributed by atoms with Gasteiger partial charge in [-0.1, -0.05) is 20.8 Å². The van der Waals surface area contributed by atoms with Gasteiger partial charge in [0.2, 0.25) is 0 Å². The number of rotatable bonds is 4. The number of nitrogens with zero attached hydrogens (tertiary/aromatic N) is 3. The lowest BCUT2D eigenvalue weighted by atomic mass is 9.78. The fourth-order valence-electron chi connectivity index (χ4n) is 4.37. The van der Waals surface area contributed by atoms with Crippen LogP contribution in [0.5, 0.6) is 0 Å². The highest BCUT2D eigenvalue weighted by molar-refractivity contribution is 7.11. The van der Waals surface area contributed by atoms with Crippen molar-refractivity contribution in [2.45, 2.75) is 71.9 Å². The van der Waals surface area contributed by atoms with E-state index in [9.17, 15) is 0 Å². The molecule has 1 saturated heterocycles. The monoisotopic (exact) mass is 392 g/mol. The zero-order chi connectivity index (χ0) is 19.4. The lowest BCUT2D eigenvalue weighted by Crippen LogP contribution is -2.47. The fraction of sp³-hybridized carbons (Fsp3) is 0.810. The second-order valence-corrected chi connectivity index (χ2v) is 10.2. The molecule has 1 N–H and O–H groups in total. The highest BCUT2D eigenvalue weighted by Crippen LogP contribution is 2.33. The van der Waals surface area contributed by atoms with Gasteiger partial charge in [-0.2, -0.15) is 0 Å². The molecule has 0 spiro atoms. The molecule has 2 unspecified atom stereocenters. The summed E-state index contributed by atoms with van der Waals surface area (Å²) < 4.78 is 6.12. The largest absolute Gasteiger partial charge is 0.377 e. The summed E-state index contributed by atoms with van der Waals surface area (Å²) in [7, 11) is 3.97. The predicted molar refractivity (Wildman–Crippen MR) is 114 cm³/mol. The molecule has 1 fully saturated rings. The van der Waals surface area contributed by atoms with E-state index >= 15 is 0 Å². The summed E-state index contributed by atoms with van der Waals surface area (Å²) in [5, 5.41) is 4.80. The Morgan fingerprint density at radius 2 is 2.07 bits per heavy atom. The molecule has 1 aliphatic carbocycles. The minimum Gasteiger partial charge on any atom is -0.377 e. The maximum atomic E-state index is 6.12. The molecule has 3 rings (SSSR count). The summed E-state index contributed by atoms with van der Waals surface area (Å²) in [6.45, 7) is 9.46. The third-order valence-corrected chi connectivity index (χ3v) is 6.80. The van der Waals surface area contributed by atoms with Crippen molar-refractivity contribution < 1.29 is 4.74 Å². The van der Waals surface area contributed by atoms with Crippen LogP contribution in [0.3, 0.4) is 0 Å². The van der Waals surface area contributed by atoms with Crippen molar-refractivity contribution in [1.29, 1.82) is 0 Å². The van der Waals surface area contributed by atoms with Crippen molar-refractivity contribution in [2.75, 3.05) is 27.2 Å². The van der Waals surface area contributed by atoms with Gasteiger partial charge in [0.25, 0.3) is 0 Å².